The minimum Gasteiger partial charge on any atom is -0.417 e. The van der Waals surface area contributed by atoms with Crippen molar-refractivity contribution in [2.24, 2.45) is 0 Å². The number of piperazine rings is 1. The maximum absolute atomic E-state index is 13.7. The average molecular weight is 633 g/mol. The first-order chi connectivity index (χ1) is 20.9. The number of ether oxygens (including phenoxy) is 2. The summed E-state index contributed by atoms with van der Waals surface area (Å²) in [7, 11) is 3.35. The Morgan fingerprint density at radius 3 is 2.36 bits per heavy atom. The van der Waals surface area contributed by atoms with Gasteiger partial charge in [-0.3, -0.25) is 19.8 Å². The first-order valence-electron chi connectivity index (χ1n) is 13.8. The van der Waals surface area contributed by atoms with E-state index in [9.17, 15) is 27.6 Å². The van der Waals surface area contributed by atoms with Crippen molar-refractivity contribution in [3.63, 3.8) is 0 Å². The number of carbonyl (C=O) groups is 3. The monoisotopic (exact) mass is 632 g/mol. The number of hydrogen-bond donors (Lipinski definition) is 2. The number of aryl methyl sites for hydroxylation is 1. The number of alkyl halides is 3. The highest BCUT2D eigenvalue weighted by Crippen LogP contribution is 2.45. The minimum absolute atomic E-state index is 0.0694. The Morgan fingerprint density at radius 2 is 1.73 bits per heavy atom. The number of anilines is 2. The lowest BCUT2D eigenvalue weighted by molar-refractivity contribution is -0.189. The van der Waals surface area contributed by atoms with Gasteiger partial charge in [-0.05, 0) is 38.4 Å². The number of amides is 2. The zero-order valence-electron chi connectivity index (χ0n) is 24.3. The third-order valence-electron chi connectivity index (χ3n) is 7.73. The van der Waals surface area contributed by atoms with E-state index in [1.54, 1.807) is 0 Å². The van der Waals surface area contributed by atoms with Crippen molar-refractivity contribution in [1.82, 2.24) is 20.0 Å². The lowest BCUT2D eigenvalue weighted by Gasteiger charge is -2.37. The van der Waals surface area contributed by atoms with Crippen LogP contribution in [0, 0.1) is 6.92 Å². The fourth-order valence-corrected chi connectivity index (χ4v) is 5.93. The Hall–Kier alpha value is -3.92. The summed E-state index contributed by atoms with van der Waals surface area (Å²) in [6, 6.07) is 10.1. The minimum atomic E-state index is -5.37. The highest BCUT2D eigenvalue weighted by Gasteiger charge is 2.55. The number of nitrogens with one attached hydrogen (secondary N) is 2. The van der Waals surface area contributed by atoms with E-state index in [2.05, 4.69) is 30.6 Å². The van der Waals surface area contributed by atoms with Gasteiger partial charge in [0.05, 0.1) is 17.9 Å². The first kappa shape index (κ1) is 31.5. The Balaban J connectivity index is 1.49. The van der Waals surface area contributed by atoms with Gasteiger partial charge in [0.15, 0.2) is 5.75 Å². The SMILES string of the molecule is COCc1ccc(C(=O)Nc2nnc(-c3ccccc3C)s2)c(OC(=O)C(F)(F)F)c1NC(=O)C1(N2CCN(C)CC2)CC1. The van der Waals surface area contributed by atoms with E-state index in [1.807, 2.05) is 38.2 Å². The summed E-state index contributed by atoms with van der Waals surface area (Å²) >= 11 is 1.06. The molecule has 0 atom stereocenters. The van der Waals surface area contributed by atoms with Gasteiger partial charge in [0.25, 0.3) is 5.91 Å². The number of carbonyl (C=O) groups excluding carboxylic acids is 3. The quantitative estimate of drug-likeness (QED) is 0.265. The third-order valence-corrected chi connectivity index (χ3v) is 8.60. The van der Waals surface area contributed by atoms with Gasteiger partial charge in [0.2, 0.25) is 11.0 Å². The molecule has 2 aromatic carbocycles. The molecule has 15 heteroatoms. The Kier molecular flexibility index (Phi) is 9.02. The molecule has 0 bridgehead atoms. The molecule has 11 nitrogen and oxygen atoms in total. The van der Waals surface area contributed by atoms with Crippen LogP contribution in [0.1, 0.15) is 34.3 Å². The average Bonchev–Trinajstić information content (AvgIpc) is 3.67. The zero-order valence-corrected chi connectivity index (χ0v) is 25.1. The summed E-state index contributed by atoms with van der Waals surface area (Å²) in [5.41, 5.74) is 0.424. The number of methoxy groups -OCH3 is 1. The van der Waals surface area contributed by atoms with Gasteiger partial charge < -0.3 is 19.7 Å². The van der Waals surface area contributed by atoms with Crippen molar-refractivity contribution in [2.75, 3.05) is 51.0 Å². The van der Waals surface area contributed by atoms with Crippen LogP contribution in [0.4, 0.5) is 24.0 Å². The number of aromatic nitrogens is 2. The standard InChI is InChI=1S/C29H31F3N6O5S/c1-17-6-4-5-7-19(17)24-35-36-27(44-24)34-23(39)20-9-8-18(16-42-3)21(22(20)43-26(41)29(30,31)32)33-25(40)28(10-11-28)38-14-12-37(2)13-15-38/h4-9H,10-16H2,1-3H3,(H,33,40)(H,34,36,39). The van der Waals surface area contributed by atoms with Crippen molar-refractivity contribution in [3.05, 3.63) is 53.1 Å². The van der Waals surface area contributed by atoms with E-state index in [0.29, 0.717) is 30.9 Å². The van der Waals surface area contributed by atoms with Crippen LogP contribution in [-0.4, -0.2) is 89.8 Å². The number of hydrogen-bond acceptors (Lipinski definition) is 10. The molecule has 1 saturated heterocycles. The molecule has 44 heavy (non-hydrogen) atoms. The number of halogens is 3. The van der Waals surface area contributed by atoms with Crippen molar-refractivity contribution in [1.29, 1.82) is 0 Å². The first-order valence-corrected chi connectivity index (χ1v) is 14.6. The van der Waals surface area contributed by atoms with Gasteiger partial charge in [-0.15, -0.1) is 10.2 Å². The lowest BCUT2D eigenvalue weighted by atomic mass is 10.0. The van der Waals surface area contributed by atoms with Crippen LogP contribution in [-0.2, 0) is 20.9 Å². The van der Waals surface area contributed by atoms with E-state index >= 15 is 0 Å². The molecule has 2 fully saturated rings. The number of benzene rings is 2. The Labute approximate surface area is 255 Å². The summed E-state index contributed by atoms with van der Waals surface area (Å²) < 4.78 is 50.3. The molecule has 5 rings (SSSR count). The van der Waals surface area contributed by atoms with Crippen LogP contribution in [0.2, 0.25) is 0 Å². The topological polar surface area (TPSA) is 126 Å². The predicted molar refractivity (Wildman–Crippen MR) is 157 cm³/mol. The van der Waals surface area contributed by atoms with Crippen LogP contribution in [0.3, 0.4) is 0 Å². The molecule has 2 heterocycles. The predicted octanol–water partition coefficient (Wildman–Crippen LogP) is 4.10. The molecule has 1 saturated carbocycles. The second-order valence-corrected chi connectivity index (χ2v) is 11.7. The normalized spacial score (nSPS) is 16.8. The molecule has 2 amide bonds. The largest absolute Gasteiger partial charge is 0.491 e. The fourth-order valence-electron chi connectivity index (χ4n) is 5.10. The summed E-state index contributed by atoms with van der Waals surface area (Å²) in [4.78, 5) is 43.5. The molecule has 2 aliphatic rings. The molecule has 0 radical (unpaired) electrons. The summed E-state index contributed by atoms with van der Waals surface area (Å²) in [6.45, 7) is 4.53. The van der Waals surface area contributed by atoms with Gasteiger partial charge in [-0.25, -0.2) is 4.79 Å². The molecular formula is C29H31F3N6O5S. The second kappa shape index (κ2) is 12.6. The maximum Gasteiger partial charge on any atom is 0.491 e. The van der Waals surface area contributed by atoms with E-state index in [1.165, 1.54) is 19.2 Å². The lowest BCUT2D eigenvalue weighted by Crippen LogP contribution is -2.54. The van der Waals surface area contributed by atoms with Crippen molar-refractivity contribution < 1.29 is 37.0 Å². The van der Waals surface area contributed by atoms with E-state index < -0.39 is 40.8 Å². The van der Waals surface area contributed by atoms with Gasteiger partial charge in [-0.2, -0.15) is 13.2 Å². The molecule has 1 aromatic heterocycles. The summed E-state index contributed by atoms with van der Waals surface area (Å²) in [5, 5.41) is 13.9. The van der Waals surface area contributed by atoms with Crippen LogP contribution >= 0.6 is 11.3 Å². The van der Waals surface area contributed by atoms with Crippen molar-refractivity contribution in [3.8, 4) is 16.3 Å². The summed E-state index contributed by atoms with van der Waals surface area (Å²) in [6.07, 6.45) is -4.26. The smallest absolute Gasteiger partial charge is 0.417 e. The summed E-state index contributed by atoms with van der Waals surface area (Å²) in [5.74, 6) is -4.67. The van der Waals surface area contributed by atoms with E-state index in [-0.39, 0.29) is 23.0 Å². The molecular weight excluding hydrogens is 601 g/mol. The molecule has 0 unspecified atom stereocenters. The molecule has 2 N–H and O–H groups in total. The van der Waals surface area contributed by atoms with E-state index in [0.717, 1.165) is 35.6 Å². The van der Waals surface area contributed by atoms with Gasteiger partial charge in [0.1, 0.15) is 10.5 Å². The van der Waals surface area contributed by atoms with Crippen molar-refractivity contribution >= 4 is 39.9 Å². The van der Waals surface area contributed by atoms with Gasteiger partial charge >= 0.3 is 12.1 Å². The van der Waals surface area contributed by atoms with Crippen LogP contribution in [0.15, 0.2) is 36.4 Å². The van der Waals surface area contributed by atoms with Crippen LogP contribution in [0.5, 0.6) is 5.75 Å². The maximum atomic E-state index is 13.7. The highest BCUT2D eigenvalue weighted by molar-refractivity contribution is 7.18. The molecule has 1 aliphatic carbocycles. The Morgan fingerprint density at radius 1 is 1.02 bits per heavy atom. The highest BCUT2D eigenvalue weighted by atomic mass is 32.1. The number of esters is 1. The fraction of sp³-hybridized carbons (Fsp3) is 0.414. The van der Waals surface area contributed by atoms with Crippen LogP contribution < -0.4 is 15.4 Å². The van der Waals surface area contributed by atoms with Gasteiger partial charge in [0, 0.05) is 44.4 Å². The van der Waals surface area contributed by atoms with Crippen LogP contribution in [0.25, 0.3) is 10.6 Å². The van der Waals surface area contributed by atoms with Crippen molar-refractivity contribution in [2.45, 2.75) is 38.1 Å². The number of likely N-dealkylation sites (N-methyl/N-ethyl adjacent to an activating group) is 1. The van der Waals surface area contributed by atoms with Gasteiger partial charge in [-0.1, -0.05) is 41.7 Å². The molecule has 3 aromatic rings. The molecule has 234 valence electrons. The van der Waals surface area contributed by atoms with E-state index in [4.69, 9.17) is 9.47 Å². The zero-order chi connectivity index (χ0) is 31.6. The molecule has 1 aliphatic heterocycles. The molecule has 0 spiro atoms. The Bertz CT molecular complexity index is 1570. The number of rotatable bonds is 9. The number of nitrogens with zero attached hydrogens (tertiary/aromatic N) is 4. The third kappa shape index (κ3) is 6.60. The second-order valence-electron chi connectivity index (χ2n) is 10.8.